The summed E-state index contributed by atoms with van der Waals surface area (Å²) in [6, 6.07) is 8.05. The largest absolute Gasteiger partial charge is 0.0680 e. The molecule has 0 fully saturated rings. The molecule has 0 aliphatic carbocycles. The van der Waals surface area contributed by atoms with Crippen LogP contribution < -0.4 is 5.19 Å². The van der Waals surface area contributed by atoms with Gasteiger partial charge in [0.1, 0.15) is 0 Å². The first kappa shape index (κ1) is 8.53. The summed E-state index contributed by atoms with van der Waals surface area (Å²) >= 11 is 0. The molecule has 0 amide bonds. The Kier molecular flexibility index (Phi) is 2.89. The molecule has 60 valence electrons. The molecule has 1 heteroatoms. The van der Waals surface area contributed by atoms with Crippen LogP contribution in [0.4, 0.5) is 0 Å². The molecular formula is C10H16Si. The van der Waals surface area contributed by atoms with Crippen molar-refractivity contribution in [1.29, 1.82) is 0 Å². The lowest BCUT2D eigenvalue weighted by molar-refractivity contribution is 1.36. The third-order valence-corrected chi connectivity index (χ3v) is 4.04. The van der Waals surface area contributed by atoms with E-state index in [4.69, 9.17) is 0 Å². The summed E-state index contributed by atoms with van der Waals surface area (Å²) in [5.74, 6) is 0. The lowest BCUT2D eigenvalue weighted by atomic mass is 10.1. The molecule has 0 saturated heterocycles. The van der Waals surface area contributed by atoms with Gasteiger partial charge >= 0.3 is 0 Å². The maximum absolute atomic E-state index is 2.29. The average molecular weight is 164 g/mol. The Hall–Kier alpha value is -0.563. The van der Waals surface area contributed by atoms with Crippen molar-refractivity contribution < 1.29 is 0 Å². The average Bonchev–Trinajstić information content (AvgIpc) is 1.99. The first-order chi connectivity index (χ1) is 5.25. The minimum atomic E-state index is 0.0487. The van der Waals surface area contributed by atoms with E-state index in [1.807, 2.05) is 0 Å². The zero-order chi connectivity index (χ0) is 8.27. The predicted octanol–water partition coefficient (Wildman–Crippen LogP) is 1.54. The number of hydrogen-bond donors (Lipinski definition) is 0. The standard InChI is InChI=1S/C10H16Si/c1-4-11-10-7-5-6-8(2)9(10)3/h5-7H,4,11H2,1-3H3. The highest BCUT2D eigenvalue weighted by molar-refractivity contribution is 6.53. The van der Waals surface area contributed by atoms with Crippen molar-refractivity contribution in [2.75, 3.05) is 0 Å². The lowest BCUT2D eigenvalue weighted by Crippen LogP contribution is -2.16. The van der Waals surface area contributed by atoms with Crippen molar-refractivity contribution in [3.63, 3.8) is 0 Å². The van der Waals surface area contributed by atoms with Crippen LogP contribution in [0.25, 0.3) is 0 Å². The Morgan fingerprint density at radius 2 is 2.00 bits per heavy atom. The molecule has 0 saturated carbocycles. The third-order valence-electron chi connectivity index (χ3n) is 2.24. The SMILES string of the molecule is CC[SiH2]c1cccc(C)c1C. The van der Waals surface area contributed by atoms with Crippen LogP contribution in [-0.4, -0.2) is 9.52 Å². The fourth-order valence-electron chi connectivity index (χ4n) is 1.35. The Bertz CT molecular complexity index is 241. The number of hydrogen-bond acceptors (Lipinski definition) is 0. The molecule has 0 N–H and O–H groups in total. The zero-order valence-electron chi connectivity index (χ0n) is 7.65. The highest BCUT2D eigenvalue weighted by atomic mass is 28.2. The molecule has 0 atom stereocenters. The third kappa shape index (κ3) is 1.93. The van der Waals surface area contributed by atoms with Gasteiger partial charge in [-0.05, 0) is 25.0 Å². The van der Waals surface area contributed by atoms with E-state index in [1.54, 1.807) is 5.19 Å². The molecule has 11 heavy (non-hydrogen) atoms. The first-order valence-corrected chi connectivity index (χ1v) is 6.01. The monoisotopic (exact) mass is 164 g/mol. The molecule has 0 bridgehead atoms. The second-order valence-electron chi connectivity index (χ2n) is 3.11. The molecule has 0 aliphatic heterocycles. The van der Waals surface area contributed by atoms with Gasteiger partial charge in [0.2, 0.25) is 0 Å². The van der Waals surface area contributed by atoms with Gasteiger partial charge in [0.25, 0.3) is 0 Å². The summed E-state index contributed by atoms with van der Waals surface area (Å²) in [5.41, 5.74) is 2.98. The van der Waals surface area contributed by atoms with Crippen LogP contribution in [-0.2, 0) is 0 Å². The first-order valence-electron chi connectivity index (χ1n) is 4.30. The van der Waals surface area contributed by atoms with Gasteiger partial charge in [-0.1, -0.05) is 36.4 Å². The summed E-state index contributed by atoms with van der Waals surface area (Å²) in [7, 11) is 0.0487. The molecule has 0 spiro atoms. The lowest BCUT2D eigenvalue weighted by Gasteiger charge is -2.05. The van der Waals surface area contributed by atoms with Gasteiger partial charge in [0.15, 0.2) is 0 Å². The van der Waals surface area contributed by atoms with Gasteiger partial charge < -0.3 is 0 Å². The van der Waals surface area contributed by atoms with Crippen LogP contribution in [0.2, 0.25) is 6.04 Å². The van der Waals surface area contributed by atoms with Gasteiger partial charge in [0, 0.05) is 0 Å². The quantitative estimate of drug-likeness (QED) is 0.582. The van der Waals surface area contributed by atoms with Crippen LogP contribution in [0.1, 0.15) is 18.1 Å². The van der Waals surface area contributed by atoms with Crippen LogP contribution in [0.3, 0.4) is 0 Å². The minimum Gasteiger partial charge on any atom is -0.0680 e. The Balaban J connectivity index is 2.96. The molecule has 1 aromatic carbocycles. The summed E-state index contributed by atoms with van der Waals surface area (Å²) in [5, 5.41) is 1.65. The molecule has 0 nitrogen and oxygen atoms in total. The number of benzene rings is 1. The molecule has 0 aliphatic rings. The van der Waals surface area contributed by atoms with Crippen LogP contribution in [0.15, 0.2) is 18.2 Å². The van der Waals surface area contributed by atoms with E-state index in [0.29, 0.717) is 0 Å². The zero-order valence-corrected chi connectivity index (χ0v) is 9.06. The van der Waals surface area contributed by atoms with Gasteiger partial charge in [-0.3, -0.25) is 0 Å². The Labute approximate surface area is 71.5 Å². The van der Waals surface area contributed by atoms with Crippen LogP contribution >= 0.6 is 0 Å². The van der Waals surface area contributed by atoms with E-state index in [2.05, 4.69) is 39.0 Å². The summed E-state index contributed by atoms with van der Waals surface area (Å²) < 4.78 is 0. The molecule has 1 rings (SSSR count). The molecule has 0 heterocycles. The normalized spacial score (nSPS) is 11.2. The van der Waals surface area contributed by atoms with E-state index in [9.17, 15) is 0 Å². The fraction of sp³-hybridized carbons (Fsp3) is 0.400. The van der Waals surface area contributed by atoms with Crippen LogP contribution in [0.5, 0.6) is 0 Å². The Morgan fingerprint density at radius 1 is 1.27 bits per heavy atom. The van der Waals surface area contributed by atoms with Crippen LogP contribution in [0, 0.1) is 13.8 Å². The van der Waals surface area contributed by atoms with E-state index in [1.165, 1.54) is 17.2 Å². The second-order valence-corrected chi connectivity index (χ2v) is 5.37. The summed E-state index contributed by atoms with van der Waals surface area (Å²) in [6.45, 7) is 6.73. The number of rotatable bonds is 2. The maximum Gasteiger partial charge on any atom is 0.0548 e. The van der Waals surface area contributed by atoms with Crippen molar-refractivity contribution in [3.8, 4) is 0 Å². The topological polar surface area (TPSA) is 0 Å². The van der Waals surface area contributed by atoms with Gasteiger partial charge in [-0.2, -0.15) is 0 Å². The molecule has 1 aromatic rings. The van der Waals surface area contributed by atoms with Crippen molar-refractivity contribution in [1.82, 2.24) is 0 Å². The minimum absolute atomic E-state index is 0.0487. The van der Waals surface area contributed by atoms with E-state index in [0.717, 1.165) is 0 Å². The van der Waals surface area contributed by atoms with Crippen molar-refractivity contribution >= 4 is 14.7 Å². The van der Waals surface area contributed by atoms with Crippen molar-refractivity contribution in [2.24, 2.45) is 0 Å². The predicted molar refractivity (Wildman–Crippen MR) is 54.6 cm³/mol. The van der Waals surface area contributed by atoms with E-state index >= 15 is 0 Å². The molecule has 0 aromatic heterocycles. The highest BCUT2D eigenvalue weighted by Gasteiger charge is 1.98. The molecule has 0 radical (unpaired) electrons. The molecule has 0 unspecified atom stereocenters. The maximum atomic E-state index is 2.29. The second kappa shape index (κ2) is 3.72. The van der Waals surface area contributed by atoms with Gasteiger partial charge in [-0.15, -0.1) is 0 Å². The summed E-state index contributed by atoms with van der Waals surface area (Å²) in [6.07, 6.45) is 0. The smallest absolute Gasteiger partial charge is 0.0548 e. The highest BCUT2D eigenvalue weighted by Crippen LogP contribution is 2.01. The number of aryl methyl sites for hydroxylation is 1. The van der Waals surface area contributed by atoms with Crippen molar-refractivity contribution in [2.45, 2.75) is 26.8 Å². The van der Waals surface area contributed by atoms with E-state index in [-0.39, 0.29) is 9.52 Å². The van der Waals surface area contributed by atoms with Gasteiger partial charge in [0.05, 0.1) is 9.52 Å². The Morgan fingerprint density at radius 3 is 2.64 bits per heavy atom. The summed E-state index contributed by atoms with van der Waals surface area (Å²) in [4.78, 5) is 0. The fourth-order valence-corrected chi connectivity index (χ4v) is 2.85. The van der Waals surface area contributed by atoms with Gasteiger partial charge in [-0.25, -0.2) is 0 Å². The van der Waals surface area contributed by atoms with Crippen molar-refractivity contribution in [3.05, 3.63) is 29.3 Å². The van der Waals surface area contributed by atoms with E-state index < -0.39 is 0 Å². The molecular weight excluding hydrogens is 148 g/mol.